The van der Waals surface area contributed by atoms with Crippen LogP contribution in [0.5, 0.6) is 0 Å². The average molecular weight is 482 g/mol. The Kier molecular flexibility index (Phi) is 12.0. The smallest absolute Gasteiger partial charge is 0.211 e. The van der Waals surface area contributed by atoms with Crippen molar-refractivity contribution >= 4 is 40.0 Å². The molecular formula is C17H31IN4O2S. The Morgan fingerprint density at radius 2 is 1.84 bits per heavy atom. The Morgan fingerprint density at radius 3 is 2.44 bits per heavy atom. The zero-order chi connectivity index (χ0) is 18.0. The van der Waals surface area contributed by atoms with E-state index in [0.29, 0.717) is 26.1 Å². The number of benzene rings is 1. The summed E-state index contributed by atoms with van der Waals surface area (Å²) < 4.78 is 25.2. The summed E-state index contributed by atoms with van der Waals surface area (Å²) in [6.07, 6.45) is 0.702. The van der Waals surface area contributed by atoms with Crippen molar-refractivity contribution in [2.45, 2.75) is 40.7 Å². The number of guanidine groups is 1. The molecule has 0 aliphatic carbocycles. The molecule has 0 radical (unpaired) electrons. The summed E-state index contributed by atoms with van der Waals surface area (Å²) in [6.45, 7) is 10.3. The predicted molar refractivity (Wildman–Crippen MR) is 116 cm³/mol. The fourth-order valence-electron chi connectivity index (χ4n) is 2.15. The summed E-state index contributed by atoms with van der Waals surface area (Å²) >= 11 is 0. The summed E-state index contributed by atoms with van der Waals surface area (Å²) in [5.41, 5.74) is 3.69. The quantitative estimate of drug-likeness (QED) is 0.218. The highest BCUT2D eigenvalue weighted by Crippen LogP contribution is 2.11. The van der Waals surface area contributed by atoms with Crippen molar-refractivity contribution in [1.82, 2.24) is 15.4 Å². The minimum Gasteiger partial charge on any atom is -0.357 e. The van der Waals surface area contributed by atoms with Crippen LogP contribution in [0.4, 0.5) is 0 Å². The number of hydrogen-bond acceptors (Lipinski definition) is 3. The van der Waals surface area contributed by atoms with Gasteiger partial charge in [0, 0.05) is 19.6 Å². The van der Waals surface area contributed by atoms with Crippen molar-refractivity contribution in [3.63, 3.8) is 0 Å². The van der Waals surface area contributed by atoms with Gasteiger partial charge in [0.15, 0.2) is 5.96 Å². The van der Waals surface area contributed by atoms with Gasteiger partial charge in [0.25, 0.3) is 0 Å². The van der Waals surface area contributed by atoms with Crippen LogP contribution in [0.15, 0.2) is 23.2 Å². The number of aliphatic imine (C=N–C) groups is 1. The Labute approximate surface area is 169 Å². The minimum atomic E-state index is -3.11. The highest BCUT2D eigenvalue weighted by Gasteiger charge is 2.05. The molecule has 25 heavy (non-hydrogen) atoms. The number of hydrogen-bond donors (Lipinski definition) is 3. The molecule has 3 N–H and O–H groups in total. The SMILES string of the molecule is CCNC(=NCc1ccc(C)cc1C)NCCCNS(=O)(=O)CC.I. The van der Waals surface area contributed by atoms with Crippen LogP contribution in [-0.2, 0) is 16.6 Å². The van der Waals surface area contributed by atoms with Crippen molar-refractivity contribution in [1.29, 1.82) is 0 Å². The number of halogens is 1. The van der Waals surface area contributed by atoms with Gasteiger partial charge < -0.3 is 10.6 Å². The maximum atomic E-state index is 11.3. The zero-order valence-electron chi connectivity index (χ0n) is 15.6. The summed E-state index contributed by atoms with van der Waals surface area (Å²) in [6, 6.07) is 6.36. The number of sulfonamides is 1. The molecule has 0 aliphatic heterocycles. The maximum Gasteiger partial charge on any atom is 0.211 e. The molecule has 1 aromatic carbocycles. The van der Waals surface area contributed by atoms with Gasteiger partial charge in [0.1, 0.15) is 0 Å². The van der Waals surface area contributed by atoms with Gasteiger partial charge in [-0.05, 0) is 45.2 Å². The molecule has 0 aromatic heterocycles. The Bertz CT molecular complexity index is 648. The van der Waals surface area contributed by atoms with Crippen LogP contribution in [0.25, 0.3) is 0 Å². The summed E-state index contributed by atoms with van der Waals surface area (Å²) in [5, 5.41) is 6.43. The zero-order valence-corrected chi connectivity index (χ0v) is 18.7. The molecule has 0 unspecified atom stereocenters. The Morgan fingerprint density at radius 1 is 1.12 bits per heavy atom. The molecule has 0 amide bonds. The highest BCUT2D eigenvalue weighted by atomic mass is 127. The van der Waals surface area contributed by atoms with Crippen molar-refractivity contribution in [3.8, 4) is 0 Å². The Hall–Kier alpha value is -0.870. The number of rotatable bonds is 9. The third-order valence-corrected chi connectivity index (χ3v) is 5.00. The largest absolute Gasteiger partial charge is 0.357 e. The predicted octanol–water partition coefficient (Wildman–Crippen LogP) is 2.31. The lowest BCUT2D eigenvalue weighted by molar-refractivity contribution is 0.579. The minimum absolute atomic E-state index is 0. The van der Waals surface area contributed by atoms with Gasteiger partial charge in [-0.2, -0.15) is 0 Å². The Balaban J connectivity index is 0.00000576. The van der Waals surface area contributed by atoms with Gasteiger partial charge in [-0.25, -0.2) is 18.1 Å². The van der Waals surface area contributed by atoms with Crippen LogP contribution in [0.3, 0.4) is 0 Å². The standard InChI is InChI=1S/C17H30N4O2S.HI/c1-5-18-17(19-10-7-11-21-24(22,23)6-2)20-13-16-9-8-14(3)12-15(16)4;/h8-9,12,21H,5-7,10-11,13H2,1-4H3,(H2,18,19,20);1H. The first-order valence-corrected chi connectivity index (χ1v) is 10.1. The number of nitrogens with zero attached hydrogens (tertiary/aromatic N) is 1. The molecule has 8 heteroatoms. The first-order chi connectivity index (χ1) is 11.4. The molecule has 0 bridgehead atoms. The van der Waals surface area contributed by atoms with E-state index < -0.39 is 10.0 Å². The second kappa shape index (κ2) is 12.5. The summed E-state index contributed by atoms with van der Waals surface area (Å²) in [7, 11) is -3.11. The van der Waals surface area contributed by atoms with Crippen molar-refractivity contribution < 1.29 is 8.42 Å². The third-order valence-electron chi connectivity index (χ3n) is 3.60. The molecule has 0 aliphatic rings. The third kappa shape index (κ3) is 10.0. The fraction of sp³-hybridized carbons (Fsp3) is 0.588. The van der Waals surface area contributed by atoms with E-state index in [1.807, 2.05) is 6.92 Å². The monoisotopic (exact) mass is 482 g/mol. The van der Waals surface area contributed by atoms with E-state index in [0.717, 1.165) is 12.5 Å². The lowest BCUT2D eigenvalue weighted by Gasteiger charge is -2.12. The lowest BCUT2D eigenvalue weighted by atomic mass is 10.1. The van der Waals surface area contributed by atoms with Crippen LogP contribution in [-0.4, -0.2) is 39.8 Å². The molecule has 0 saturated heterocycles. The van der Waals surface area contributed by atoms with E-state index in [4.69, 9.17) is 0 Å². The molecule has 0 atom stereocenters. The van der Waals surface area contributed by atoms with E-state index >= 15 is 0 Å². The van der Waals surface area contributed by atoms with Crippen LogP contribution in [0, 0.1) is 13.8 Å². The van der Waals surface area contributed by atoms with E-state index in [1.165, 1.54) is 16.7 Å². The van der Waals surface area contributed by atoms with E-state index in [-0.39, 0.29) is 29.7 Å². The normalized spacial score (nSPS) is 11.8. The van der Waals surface area contributed by atoms with Gasteiger partial charge in [0.05, 0.1) is 12.3 Å². The van der Waals surface area contributed by atoms with Gasteiger partial charge >= 0.3 is 0 Å². The molecule has 1 rings (SSSR count). The molecule has 0 heterocycles. The number of aryl methyl sites for hydroxylation is 2. The first kappa shape index (κ1) is 24.1. The van der Waals surface area contributed by atoms with Crippen molar-refractivity contribution in [2.75, 3.05) is 25.4 Å². The summed E-state index contributed by atoms with van der Waals surface area (Å²) in [4.78, 5) is 4.59. The fourth-order valence-corrected chi connectivity index (χ4v) is 2.81. The second-order valence-corrected chi connectivity index (χ2v) is 7.80. The second-order valence-electron chi connectivity index (χ2n) is 5.70. The van der Waals surface area contributed by atoms with Gasteiger partial charge in [-0.15, -0.1) is 24.0 Å². The van der Waals surface area contributed by atoms with E-state index in [1.54, 1.807) is 6.92 Å². The van der Waals surface area contributed by atoms with E-state index in [2.05, 4.69) is 52.4 Å². The molecule has 0 saturated carbocycles. The van der Waals surface area contributed by atoms with Gasteiger partial charge in [-0.1, -0.05) is 23.8 Å². The highest BCUT2D eigenvalue weighted by molar-refractivity contribution is 14.0. The average Bonchev–Trinajstić information content (AvgIpc) is 2.53. The van der Waals surface area contributed by atoms with Crippen molar-refractivity contribution in [2.24, 2.45) is 4.99 Å². The lowest BCUT2D eigenvalue weighted by Crippen LogP contribution is -2.38. The molecular weight excluding hydrogens is 451 g/mol. The van der Waals surface area contributed by atoms with Gasteiger partial charge in [0.2, 0.25) is 10.0 Å². The summed E-state index contributed by atoms with van der Waals surface area (Å²) in [5.74, 6) is 0.858. The molecule has 6 nitrogen and oxygen atoms in total. The number of nitrogens with one attached hydrogen (secondary N) is 3. The maximum absolute atomic E-state index is 11.3. The van der Waals surface area contributed by atoms with Crippen LogP contribution in [0.1, 0.15) is 37.0 Å². The van der Waals surface area contributed by atoms with E-state index in [9.17, 15) is 8.42 Å². The van der Waals surface area contributed by atoms with Crippen LogP contribution >= 0.6 is 24.0 Å². The van der Waals surface area contributed by atoms with Crippen LogP contribution < -0.4 is 15.4 Å². The van der Waals surface area contributed by atoms with Gasteiger partial charge in [-0.3, -0.25) is 0 Å². The first-order valence-electron chi connectivity index (χ1n) is 8.43. The van der Waals surface area contributed by atoms with Crippen molar-refractivity contribution in [3.05, 3.63) is 34.9 Å². The molecule has 144 valence electrons. The van der Waals surface area contributed by atoms with Crippen LogP contribution in [0.2, 0.25) is 0 Å². The topological polar surface area (TPSA) is 82.6 Å². The molecule has 0 fully saturated rings. The molecule has 0 spiro atoms. The molecule has 1 aromatic rings.